The monoisotopic (exact) mass is 600 g/mol. The summed E-state index contributed by atoms with van der Waals surface area (Å²) in [6.45, 7) is 21.6. The quantitative estimate of drug-likeness (QED) is 0.255. The molecule has 0 heterocycles. The number of aliphatic hydroxyl groups is 2. The predicted octanol–water partition coefficient (Wildman–Crippen LogP) is 7.25. The Balaban J connectivity index is 1.65. The third-order valence-corrected chi connectivity index (χ3v) is 14.7. The van der Waals surface area contributed by atoms with E-state index in [1.807, 2.05) is 13.8 Å². The minimum absolute atomic E-state index is 0.0365. The van der Waals surface area contributed by atoms with Gasteiger partial charge in [0.1, 0.15) is 12.2 Å². The Morgan fingerprint density at radius 2 is 1.60 bits per heavy atom. The minimum atomic E-state index is -0.878. The lowest BCUT2D eigenvalue weighted by atomic mass is 9.33. The minimum Gasteiger partial charge on any atom is -0.462 e. The predicted molar refractivity (Wildman–Crippen MR) is 168 cm³/mol. The fourth-order valence-electron chi connectivity index (χ4n) is 11.8. The molecule has 0 aromatic heterocycles. The molecular weight excluding hydrogens is 540 g/mol. The molecule has 5 aliphatic carbocycles. The van der Waals surface area contributed by atoms with E-state index >= 15 is 0 Å². The molecule has 0 bridgehead atoms. The van der Waals surface area contributed by atoms with E-state index in [9.17, 15) is 19.8 Å². The van der Waals surface area contributed by atoms with Crippen LogP contribution in [0.25, 0.3) is 0 Å². The topological polar surface area (TPSA) is 93.1 Å². The van der Waals surface area contributed by atoms with E-state index in [2.05, 4.69) is 54.5 Å². The molecule has 11 atom stereocenters. The van der Waals surface area contributed by atoms with E-state index in [1.54, 1.807) is 0 Å². The maximum atomic E-state index is 13.3. The van der Waals surface area contributed by atoms with Crippen molar-refractivity contribution in [2.24, 2.45) is 56.2 Å². The number of aliphatic hydroxyl groups excluding tert-OH is 2. The van der Waals surface area contributed by atoms with Crippen molar-refractivity contribution in [1.29, 1.82) is 0 Å². The maximum Gasteiger partial charge on any atom is 0.308 e. The number of carbonyl (C=O) groups excluding carboxylic acids is 2. The van der Waals surface area contributed by atoms with E-state index in [0.29, 0.717) is 31.1 Å². The molecule has 4 saturated carbocycles. The van der Waals surface area contributed by atoms with Crippen LogP contribution in [0, 0.1) is 56.2 Å². The van der Waals surface area contributed by atoms with E-state index < -0.39 is 17.6 Å². The summed E-state index contributed by atoms with van der Waals surface area (Å²) < 4.78 is 12.7. The maximum absolute atomic E-state index is 13.3. The first-order valence-corrected chi connectivity index (χ1v) is 17.2. The molecule has 0 spiro atoms. The highest BCUT2D eigenvalue weighted by Crippen LogP contribution is 2.76. The van der Waals surface area contributed by atoms with Crippen LogP contribution in [0.3, 0.4) is 0 Å². The van der Waals surface area contributed by atoms with Crippen molar-refractivity contribution in [3.8, 4) is 0 Å². The zero-order chi connectivity index (χ0) is 32.0. The number of ether oxygens (including phenoxy) is 2. The molecule has 6 nitrogen and oxygen atoms in total. The second-order valence-corrected chi connectivity index (χ2v) is 17.6. The van der Waals surface area contributed by atoms with Crippen LogP contribution in [-0.4, -0.2) is 47.1 Å². The summed E-state index contributed by atoms with van der Waals surface area (Å²) in [5.41, 5.74) is 0.0862. The fourth-order valence-corrected chi connectivity index (χ4v) is 11.8. The van der Waals surface area contributed by atoms with Crippen LogP contribution >= 0.6 is 0 Å². The fraction of sp³-hybridized carbons (Fsp3) is 0.892. The number of allylic oxidation sites excluding steroid dienone is 2. The van der Waals surface area contributed by atoms with E-state index in [1.165, 1.54) is 12.5 Å². The average Bonchev–Trinajstić information content (AvgIpc) is 2.90. The van der Waals surface area contributed by atoms with Gasteiger partial charge in [-0.3, -0.25) is 9.59 Å². The van der Waals surface area contributed by atoms with Crippen LogP contribution in [0.5, 0.6) is 0 Å². The smallest absolute Gasteiger partial charge is 0.308 e. The molecule has 244 valence electrons. The van der Waals surface area contributed by atoms with Gasteiger partial charge in [-0.2, -0.15) is 0 Å². The Kier molecular flexibility index (Phi) is 8.11. The van der Waals surface area contributed by atoms with Gasteiger partial charge in [-0.1, -0.05) is 74.0 Å². The van der Waals surface area contributed by atoms with Gasteiger partial charge in [0.2, 0.25) is 0 Å². The van der Waals surface area contributed by atoms with Gasteiger partial charge in [-0.25, -0.2) is 0 Å². The number of carbonyl (C=O) groups is 2. The van der Waals surface area contributed by atoms with E-state index in [0.717, 1.165) is 38.5 Å². The highest BCUT2D eigenvalue weighted by molar-refractivity contribution is 5.72. The average molecular weight is 601 g/mol. The molecular formula is C37H60O6. The summed E-state index contributed by atoms with van der Waals surface area (Å²) in [7, 11) is 0. The van der Waals surface area contributed by atoms with Crippen LogP contribution in [0.4, 0.5) is 0 Å². The second kappa shape index (κ2) is 10.6. The van der Waals surface area contributed by atoms with Gasteiger partial charge < -0.3 is 19.7 Å². The summed E-state index contributed by atoms with van der Waals surface area (Å²) >= 11 is 0. The first kappa shape index (κ1) is 33.0. The van der Waals surface area contributed by atoms with Crippen molar-refractivity contribution in [1.82, 2.24) is 0 Å². The molecule has 6 heteroatoms. The molecule has 0 aliphatic heterocycles. The van der Waals surface area contributed by atoms with Gasteiger partial charge in [0.25, 0.3) is 0 Å². The first-order valence-electron chi connectivity index (χ1n) is 17.2. The zero-order valence-electron chi connectivity index (χ0n) is 28.7. The molecule has 2 N–H and O–H groups in total. The van der Waals surface area contributed by atoms with Crippen molar-refractivity contribution < 1.29 is 29.3 Å². The van der Waals surface area contributed by atoms with Gasteiger partial charge in [0.05, 0.1) is 24.0 Å². The van der Waals surface area contributed by atoms with Gasteiger partial charge in [-0.05, 0) is 103 Å². The summed E-state index contributed by atoms with van der Waals surface area (Å²) in [6.07, 6.45) is 8.91. The summed E-state index contributed by atoms with van der Waals surface area (Å²) in [6, 6.07) is 0. The second-order valence-electron chi connectivity index (χ2n) is 17.6. The summed E-state index contributed by atoms with van der Waals surface area (Å²) in [4.78, 5) is 26.1. The number of hydrogen-bond donors (Lipinski definition) is 2. The molecule has 43 heavy (non-hydrogen) atoms. The van der Waals surface area contributed by atoms with E-state index in [-0.39, 0.29) is 63.6 Å². The van der Waals surface area contributed by atoms with Gasteiger partial charge in [-0.15, -0.1) is 0 Å². The Morgan fingerprint density at radius 1 is 0.953 bits per heavy atom. The Labute approximate surface area is 260 Å². The van der Waals surface area contributed by atoms with Gasteiger partial charge in [0.15, 0.2) is 0 Å². The van der Waals surface area contributed by atoms with Crippen molar-refractivity contribution in [3.63, 3.8) is 0 Å². The van der Waals surface area contributed by atoms with Crippen molar-refractivity contribution in [2.75, 3.05) is 6.61 Å². The highest BCUT2D eigenvalue weighted by Gasteiger charge is 2.72. The molecule has 0 saturated heterocycles. The van der Waals surface area contributed by atoms with Crippen LogP contribution in [0.2, 0.25) is 0 Å². The van der Waals surface area contributed by atoms with Crippen LogP contribution < -0.4 is 0 Å². The SMILES string of the molecule is CCC(C)C(=O)OC1CC(C)(C)C[C@H]2C3=CC[C@@H]4[C@@]5(C)CCC(O)C(C)(C)[C@@H]5CC[C@@]4(C)[C@]3(C)CC(OC(C)=O)[C@@]12CO. The molecule has 5 aliphatic rings. The Morgan fingerprint density at radius 3 is 2.21 bits per heavy atom. The lowest BCUT2D eigenvalue weighted by Gasteiger charge is -2.72. The number of rotatable bonds is 5. The van der Waals surface area contributed by atoms with Gasteiger partial charge in [0, 0.05) is 6.92 Å². The van der Waals surface area contributed by atoms with Crippen molar-refractivity contribution in [3.05, 3.63) is 11.6 Å². The molecule has 5 rings (SSSR count). The first-order chi connectivity index (χ1) is 19.8. The highest BCUT2D eigenvalue weighted by atomic mass is 16.6. The molecule has 4 unspecified atom stereocenters. The summed E-state index contributed by atoms with van der Waals surface area (Å²) in [5.74, 6) is 0.0117. The van der Waals surface area contributed by atoms with Crippen molar-refractivity contribution in [2.45, 2.75) is 145 Å². The van der Waals surface area contributed by atoms with E-state index in [4.69, 9.17) is 9.47 Å². The zero-order valence-corrected chi connectivity index (χ0v) is 28.7. The van der Waals surface area contributed by atoms with Gasteiger partial charge >= 0.3 is 11.9 Å². The number of fused-ring (bicyclic) bond motifs is 7. The summed E-state index contributed by atoms with van der Waals surface area (Å²) in [5, 5.41) is 22.5. The third kappa shape index (κ3) is 4.61. The third-order valence-electron chi connectivity index (χ3n) is 14.7. The van der Waals surface area contributed by atoms with Crippen LogP contribution in [-0.2, 0) is 19.1 Å². The molecule has 4 fully saturated rings. The molecule has 0 aromatic carbocycles. The lowest BCUT2D eigenvalue weighted by molar-refractivity contribution is -0.246. The normalized spacial score (nSPS) is 47.0. The lowest BCUT2D eigenvalue weighted by Crippen LogP contribution is -2.70. The largest absolute Gasteiger partial charge is 0.462 e. The van der Waals surface area contributed by atoms with Crippen LogP contribution in [0.1, 0.15) is 127 Å². The van der Waals surface area contributed by atoms with Crippen molar-refractivity contribution >= 4 is 11.9 Å². The van der Waals surface area contributed by atoms with Crippen LogP contribution in [0.15, 0.2) is 11.6 Å². The number of esters is 2. The molecule has 0 amide bonds. The number of hydrogen-bond acceptors (Lipinski definition) is 6. The Bertz CT molecular complexity index is 1160. The Hall–Kier alpha value is -1.40. The molecule has 0 aromatic rings. The molecule has 0 radical (unpaired) electrons. The standard InChI is InChI=1S/C37H60O6/c1-11-22(2)31(41)43-29-19-32(4,5)18-25-24-12-13-27-34(8)16-15-28(40)33(6,7)26(34)14-17-35(27,9)36(24,10)20-30(42-23(3)39)37(25,29)21-38/h12,22,25-30,38,40H,11,13-21H2,1-10H3/t22?,25-,26-,27+,28?,29?,30?,34-,35+,36+,37+/m0/s1.